The maximum absolute atomic E-state index is 9.83. The van der Waals surface area contributed by atoms with E-state index in [0.717, 1.165) is 25.1 Å². The zero-order valence-corrected chi connectivity index (χ0v) is 12.7. The van der Waals surface area contributed by atoms with Gasteiger partial charge in [-0.2, -0.15) is 0 Å². The Morgan fingerprint density at radius 2 is 2.10 bits per heavy atom. The maximum Gasteiger partial charge on any atom is 0.0945 e. The lowest BCUT2D eigenvalue weighted by atomic mass is 10.2. The van der Waals surface area contributed by atoms with Gasteiger partial charge in [-0.15, -0.1) is 0 Å². The molecule has 20 heavy (non-hydrogen) atoms. The molecule has 2 unspecified atom stereocenters. The van der Waals surface area contributed by atoms with E-state index in [1.807, 2.05) is 0 Å². The Bertz CT molecular complexity index is 405. The Morgan fingerprint density at radius 3 is 2.75 bits per heavy atom. The summed E-state index contributed by atoms with van der Waals surface area (Å²) in [5.74, 6) is 0. The van der Waals surface area contributed by atoms with Gasteiger partial charge in [-0.3, -0.25) is 0 Å². The second-order valence-corrected chi connectivity index (χ2v) is 5.74. The van der Waals surface area contributed by atoms with Crippen LogP contribution in [0.1, 0.15) is 12.8 Å². The van der Waals surface area contributed by atoms with Gasteiger partial charge in [0.15, 0.2) is 0 Å². The predicted molar refractivity (Wildman–Crippen MR) is 80.8 cm³/mol. The molecule has 1 aliphatic heterocycles. The summed E-state index contributed by atoms with van der Waals surface area (Å²) in [5, 5.41) is 14.0. The number of hydrogen-bond acceptors (Lipinski definition) is 4. The monoisotopic (exact) mass is 319 g/mol. The van der Waals surface area contributed by atoms with Crippen LogP contribution in [0.4, 0.5) is 5.69 Å². The molecule has 1 saturated heterocycles. The first-order valence-corrected chi connectivity index (χ1v) is 7.46. The number of rotatable bonds is 7. The highest BCUT2D eigenvalue weighted by Crippen LogP contribution is 2.22. The van der Waals surface area contributed by atoms with Crippen LogP contribution in [0.15, 0.2) is 18.2 Å². The van der Waals surface area contributed by atoms with Crippen LogP contribution in [0.25, 0.3) is 0 Å². The van der Waals surface area contributed by atoms with E-state index in [4.69, 9.17) is 32.7 Å². The van der Waals surface area contributed by atoms with Gasteiger partial charge in [-0.05, 0) is 31.0 Å². The molecule has 1 fully saturated rings. The molecule has 4 nitrogen and oxygen atoms in total. The Kier molecular flexibility index (Phi) is 6.39. The molecule has 1 aromatic rings. The van der Waals surface area contributed by atoms with Crippen LogP contribution in [0.5, 0.6) is 0 Å². The van der Waals surface area contributed by atoms with E-state index in [2.05, 4.69) is 5.32 Å². The zero-order valence-electron chi connectivity index (χ0n) is 11.1. The SMILES string of the molecule is OC(CNc1cc(Cl)cc(Cl)c1)COCC1CCCO1. The smallest absolute Gasteiger partial charge is 0.0945 e. The molecular formula is C14H19Cl2NO3. The topological polar surface area (TPSA) is 50.7 Å². The van der Waals surface area contributed by atoms with Crippen molar-refractivity contribution in [1.29, 1.82) is 0 Å². The van der Waals surface area contributed by atoms with Crippen LogP contribution in [0.2, 0.25) is 10.0 Å². The predicted octanol–water partition coefficient (Wildman–Crippen LogP) is 2.96. The van der Waals surface area contributed by atoms with Crippen molar-refractivity contribution >= 4 is 28.9 Å². The number of hydrogen-bond donors (Lipinski definition) is 2. The molecule has 0 saturated carbocycles. The number of ether oxygens (including phenoxy) is 2. The lowest BCUT2D eigenvalue weighted by molar-refractivity contribution is -0.0137. The number of benzene rings is 1. The van der Waals surface area contributed by atoms with Crippen LogP contribution >= 0.6 is 23.2 Å². The summed E-state index contributed by atoms with van der Waals surface area (Å²) in [6.45, 7) is 2.01. The van der Waals surface area contributed by atoms with Crippen LogP contribution in [-0.4, -0.2) is 43.7 Å². The fraction of sp³-hybridized carbons (Fsp3) is 0.571. The number of aliphatic hydroxyl groups is 1. The number of nitrogens with one attached hydrogen (secondary N) is 1. The van der Waals surface area contributed by atoms with E-state index in [-0.39, 0.29) is 12.7 Å². The molecule has 2 atom stereocenters. The molecule has 1 aliphatic rings. The molecule has 2 rings (SSSR count). The van der Waals surface area contributed by atoms with Gasteiger partial charge in [0.05, 0.1) is 25.4 Å². The third kappa shape index (κ3) is 5.46. The fourth-order valence-corrected chi connectivity index (χ4v) is 2.59. The summed E-state index contributed by atoms with van der Waals surface area (Å²) in [5.41, 5.74) is 0.778. The summed E-state index contributed by atoms with van der Waals surface area (Å²) < 4.78 is 10.9. The summed E-state index contributed by atoms with van der Waals surface area (Å²) in [7, 11) is 0. The molecule has 1 heterocycles. The van der Waals surface area contributed by atoms with E-state index in [1.165, 1.54) is 0 Å². The second kappa shape index (κ2) is 8.05. The van der Waals surface area contributed by atoms with Gasteiger partial charge in [0.25, 0.3) is 0 Å². The van der Waals surface area contributed by atoms with Crippen LogP contribution in [0.3, 0.4) is 0 Å². The molecule has 6 heteroatoms. The molecule has 0 bridgehead atoms. The molecule has 0 amide bonds. The highest BCUT2D eigenvalue weighted by molar-refractivity contribution is 6.35. The standard InChI is InChI=1S/C14H19Cl2NO3/c15-10-4-11(16)6-12(5-10)17-7-13(18)8-19-9-14-2-1-3-20-14/h4-6,13-14,17-18H,1-3,7-9H2. The van der Waals surface area contributed by atoms with Gasteiger partial charge in [-0.25, -0.2) is 0 Å². The second-order valence-electron chi connectivity index (χ2n) is 4.87. The summed E-state index contributed by atoms with van der Waals surface area (Å²) in [6.07, 6.45) is 1.72. The van der Waals surface area contributed by atoms with Gasteiger partial charge >= 0.3 is 0 Å². The largest absolute Gasteiger partial charge is 0.389 e. The zero-order chi connectivity index (χ0) is 14.4. The molecular weight excluding hydrogens is 301 g/mol. The Labute approximate surface area is 129 Å². The third-order valence-corrected chi connectivity index (χ3v) is 3.48. The van der Waals surface area contributed by atoms with Crippen molar-refractivity contribution in [1.82, 2.24) is 0 Å². The first-order valence-electron chi connectivity index (χ1n) is 6.71. The first kappa shape index (κ1) is 15.9. The minimum atomic E-state index is -0.589. The number of aliphatic hydroxyl groups excluding tert-OH is 1. The summed E-state index contributed by atoms with van der Waals surface area (Å²) in [6, 6.07) is 5.18. The van der Waals surface area contributed by atoms with Gasteiger partial charge in [-0.1, -0.05) is 23.2 Å². The average Bonchev–Trinajstić information content (AvgIpc) is 2.88. The maximum atomic E-state index is 9.83. The number of halogens is 2. The van der Waals surface area contributed by atoms with E-state index in [9.17, 15) is 5.11 Å². The highest BCUT2D eigenvalue weighted by Gasteiger charge is 2.16. The van der Waals surface area contributed by atoms with Crippen molar-refractivity contribution in [2.75, 3.05) is 31.7 Å². The van der Waals surface area contributed by atoms with Crippen molar-refractivity contribution in [2.45, 2.75) is 25.0 Å². The highest BCUT2D eigenvalue weighted by atomic mass is 35.5. The molecule has 0 radical (unpaired) electrons. The van der Waals surface area contributed by atoms with Gasteiger partial charge in [0, 0.05) is 28.9 Å². The minimum absolute atomic E-state index is 0.182. The van der Waals surface area contributed by atoms with Crippen molar-refractivity contribution in [3.8, 4) is 0 Å². The Balaban J connectivity index is 1.65. The van der Waals surface area contributed by atoms with Crippen molar-refractivity contribution in [3.05, 3.63) is 28.2 Å². The van der Waals surface area contributed by atoms with Crippen LogP contribution in [-0.2, 0) is 9.47 Å². The van der Waals surface area contributed by atoms with Gasteiger partial charge in [0.2, 0.25) is 0 Å². The third-order valence-electron chi connectivity index (χ3n) is 3.04. The normalized spacial score (nSPS) is 20.1. The lowest BCUT2D eigenvalue weighted by Gasteiger charge is -2.15. The van der Waals surface area contributed by atoms with Gasteiger partial charge in [0.1, 0.15) is 0 Å². The lowest BCUT2D eigenvalue weighted by Crippen LogP contribution is -2.27. The van der Waals surface area contributed by atoms with Crippen molar-refractivity contribution in [2.24, 2.45) is 0 Å². The van der Waals surface area contributed by atoms with Gasteiger partial charge < -0.3 is 19.9 Å². The first-order chi connectivity index (χ1) is 9.63. The van der Waals surface area contributed by atoms with E-state index >= 15 is 0 Å². The molecule has 2 N–H and O–H groups in total. The minimum Gasteiger partial charge on any atom is -0.389 e. The van der Waals surface area contributed by atoms with E-state index in [1.54, 1.807) is 18.2 Å². The Hall–Kier alpha value is -0.520. The average molecular weight is 320 g/mol. The molecule has 0 aromatic heterocycles. The van der Waals surface area contributed by atoms with Crippen molar-refractivity contribution in [3.63, 3.8) is 0 Å². The quantitative estimate of drug-likeness (QED) is 0.811. The summed E-state index contributed by atoms with van der Waals surface area (Å²) in [4.78, 5) is 0. The molecule has 0 aliphatic carbocycles. The van der Waals surface area contributed by atoms with E-state index < -0.39 is 6.10 Å². The molecule has 1 aromatic carbocycles. The Morgan fingerprint density at radius 1 is 1.35 bits per heavy atom. The van der Waals surface area contributed by atoms with Crippen LogP contribution in [0, 0.1) is 0 Å². The van der Waals surface area contributed by atoms with Crippen molar-refractivity contribution < 1.29 is 14.6 Å². The molecule has 0 spiro atoms. The summed E-state index contributed by atoms with van der Waals surface area (Å²) >= 11 is 11.8. The fourth-order valence-electron chi connectivity index (χ4n) is 2.06. The van der Waals surface area contributed by atoms with E-state index in [0.29, 0.717) is 23.2 Å². The van der Waals surface area contributed by atoms with Crippen LogP contribution < -0.4 is 5.32 Å². The molecule has 112 valence electrons. The number of anilines is 1.